The van der Waals surface area contributed by atoms with Gasteiger partial charge >= 0.3 is 0 Å². The number of fused-ring (bicyclic) bond motifs is 2. The summed E-state index contributed by atoms with van der Waals surface area (Å²) in [6.45, 7) is 5.17. The number of rotatable bonds is 1. The van der Waals surface area contributed by atoms with Gasteiger partial charge in [0.2, 0.25) is 5.95 Å². The van der Waals surface area contributed by atoms with Gasteiger partial charge in [-0.25, -0.2) is 4.98 Å². The van der Waals surface area contributed by atoms with Crippen molar-refractivity contribution >= 4 is 17.0 Å². The molecule has 0 unspecified atom stereocenters. The fourth-order valence-corrected chi connectivity index (χ4v) is 2.56. The van der Waals surface area contributed by atoms with E-state index in [1.54, 1.807) is 0 Å². The number of hydrogen-bond donors (Lipinski definition) is 2. The summed E-state index contributed by atoms with van der Waals surface area (Å²) in [4.78, 5) is 10.3. The molecule has 0 bridgehead atoms. The van der Waals surface area contributed by atoms with Crippen LogP contribution in [-0.4, -0.2) is 49.4 Å². The molecule has 0 saturated carbocycles. The van der Waals surface area contributed by atoms with E-state index in [4.69, 9.17) is 9.47 Å². The molecular weight excluding hydrogens is 244 g/mol. The minimum atomic E-state index is 0.605. The zero-order valence-corrected chi connectivity index (χ0v) is 10.6. The molecule has 3 heterocycles. The molecule has 0 spiro atoms. The number of H-pyrrole nitrogens is 1. The van der Waals surface area contributed by atoms with Crippen LogP contribution in [0.3, 0.4) is 0 Å². The number of aromatic amines is 1. The summed E-state index contributed by atoms with van der Waals surface area (Å²) in [6.07, 6.45) is 0. The predicted molar refractivity (Wildman–Crippen MR) is 72.2 cm³/mol. The molecule has 1 aromatic heterocycles. The Bertz CT molecular complexity index is 561. The highest BCUT2D eigenvalue weighted by atomic mass is 16.6. The Morgan fingerprint density at radius 1 is 1.05 bits per heavy atom. The van der Waals surface area contributed by atoms with Gasteiger partial charge < -0.3 is 24.7 Å². The van der Waals surface area contributed by atoms with E-state index in [1.165, 1.54) is 0 Å². The van der Waals surface area contributed by atoms with Crippen molar-refractivity contribution in [3.8, 4) is 11.5 Å². The number of piperazine rings is 1. The second-order valence-corrected chi connectivity index (χ2v) is 4.81. The van der Waals surface area contributed by atoms with Gasteiger partial charge in [-0.1, -0.05) is 0 Å². The van der Waals surface area contributed by atoms with E-state index in [0.29, 0.717) is 13.2 Å². The second-order valence-electron chi connectivity index (χ2n) is 4.81. The Morgan fingerprint density at radius 2 is 1.79 bits per heavy atom. The van der Waals surface area contributed by atoms with E-state index < -0.39 is 0 Å². The van der Waals surface area contributed by atoms with Crippen molar-refractivity contribution in [2.24, 2.45) is 0 Å². The topological polar surface area (TPSA) is 62.4 Å². The number of nitrogens with zero attached hydrogens (tertiary/aromatic N) is 2. The van der Waals surface area contributed by atoms with Gasteiger partial charge in [0.25, 0.3) is 0 Å². The smallest absolute Gasteiger partial charge is 0.203 e. The number of ether oxygens (including phenoxy) is 2. The maximum absolute atomic E-state index is 5.59. The third-order valence-electron chi connectivity index (χ3n) is 3.55. The van der Waals surface area contributed by atoms with Crippen LogP contribution in [0.25, 0.3) is 11.0 Å². The lowest BCUT2D eigenvalue weighted by Crippen LogP contribution is -2.44. The fraction of sp³-hybridized carbons (Fsp3) is 0.462. The van der Waals surface area contributed by atoms with Crippen LogP contribution >= 0.6 is 0 Å². The van der Waals surface area contributed by atoms with Gasteiger partial charge in [-0.2, -0.15) is 0 Å². The summed E-state index contributed by atoms with van der Waals surface area (Å²) in [5, 5.41) is 3.34. The molecule has 1 saturated heterocycles. The van der Waals surface area contributed by atoms with Gasteiger partial charge in [0, 0.05) is 38.3 Å². The van der Waals surface area contributed by atoms with E-state index in [1.807, 2.05) is 12.1 Å². The maximum atomic E-state index is 5.59. The van der Waals surface area contributed by atoms with Crippen molar-refractivity contribution in [3.63, 3.8) is 0 Å². The van der Waals surface area contributed by atoms with Crippen molar-refractivity contribution in [1.29, 1.82) is 0 Å². The molecule has 0 amide bonds. The maximum Gasteiger partial charge on any atom is 0.203 e. The Kier molecular flexibility index (Phi) is 2.48. The molecule has 1 aromatic carbocycles. The Balaban J connectivity index is 1.73. The fourth-order valence-electron chi connectivity index (χ4n) is 2.56. The molecule has 0 aliphatic carbocycles. The molecule has 2 aliphatic heterocycles. The van der Waals surface area contributed by atoms with Crippen molar-refractivity contribution in [2.45, 2.75) is 0 Å². The summed E-state index contributed by atoms with van der Waals surface area (Å²) >= 11 is 0. The number of nitrogens with one attached hydrogen (secondary N) is 2. The summed E-state index contributed by atoms with van der Waals surface area (Å²) < 4.78 is 11.2. The van der Waals surface area contributed by atoms with Crippen LogP contribution in [0.1, 0.15) is 0 Å². The molecule has 4 rings (SSSR count). The van der Waals surface area contributed by atoms with Gasteiger partial charge in [0.1, 0.15) is 13.2 Å². The van der Waals surface area contributed by atoms with Gasteiger partial charge in [-0.05, 0) is 0 Å². The summed E-state index contributed by atoms with van der Waals surface area (Å²) in [6, 6.07) is 3.93. The van der Waals surface area contributed by atoms with Crippen LogP contribution in [0.5, 0.6) is 11.5 Å². The van der Waals surface area contributed by atoms with E-state index >= 15 is 0 Å². The van der Waals surface area contributed by atoms with E-state index in [0.717, 1.165) is 54.7 Å². The monoisotopic (exact) mass is 260 g/mol. The molecule has 2 N–H and O–H groups in total. The van der Waals surface area contributed by atoms with Crippen LogP contribution in [0.15, 0.2) is 12.1 Å². The largest absolute Gasteiger partial charge is 0.486 e. The van der Waals surface area contributed by atoms with Gasteiger partial charge in [-0.15, -0.1) is 0 Å². The number of benzene rings is 1. The first kappa shape index (κ1) is 10.9. The average Bonchev–Trinajstić information content (AvgIpc) is 2.88. The molecular formula is C13H16N4O2. The first-order valence-electron chi connectivity index (χ1n) is 6.65. The van der Waals surface area contributed by atoms with Crippen LogP contribution in [-0.2, 0) is 0 Å². The molecule has 6 heteroatoms. The highest BCUT2D eigenvalue weighted by Crippen LogP contribution is 2.34. The molecule has 1 fully saturated rings. The third-order valence-corrected chi connectivity index (χ3v) is 3.55. The molecule has 19 heavy (non-hydrogen) atoms. The van der Waals surface area contributed by atoms with Crippen molar-refractivity contribution in [2.75, 3.05) is 44.3 Å². The molecule has 2 aliphatic rings. The average molecular weight is 260 g/mol. The minimum Gasteiger partial charge on any atom is -0.486 e. The van der Waals surface area contributed by atoms with E-state index in [2.05, 4.69) is 20.2 Å². The minimum absolute atomic E-state index is 0.605. The lowest BCUT2D eigenvalue weighted by atomic mass is 10.2. The number of anilines is 1. The van der Waals surface area contributed by atoms with E-state index in [9.17, 15) is 0 Å². The lowest BCUT2D eigenvalue weighted by Gasteiger charge is -2.26. The Morgan fingerprint density at radius 3 is 2.58 bits per heavy atom. The summed E-state index contributed by atoms with van der Waals surface area (Å²) in [5.41, 5.74) is 1.93. The first-order valence-corrected chi connectivity index (χ1v) is 6.65. The SMILES string of the molecule is c1c2c(cc3[nH]c(N4CCNCC4)nc13)OCCO2. The summed E-state index contributed by atoms with van der Waals surface area (Å²) in [7, 11) is 0. The first-order chi connectivity index (χ1) is 9.40. The highest BCUT2D eigenvalue weighted by molar-refractivity contribution is 5.82. The molecule has 0 atom stereocenters. The predicted octanol–water partition coefficient (Wildman–Crippen LogP) is 0.744. The van der Waals surface area contributed by atoms with E-state index in [-0.39, 0.29) is 0 Å². The van der Waals surface area contributed by atoms with Crippen molar-refractivity contribution in [3.05, 3.63) is 12.1 Å². The molecule has 6 nitrogen and oxygen atoms in total. The third kappa shape index (κ3) is 1.88. The van der Waals surface area contributed by atoms with Crippen molar-refractivity contribution in [1.82, 2.24) is 15.3 Å². The second kappa shape index (κ2) is 4.31. The molecule has 100 valence electrons. The van der Waals surface area contributed by atoms with Gasteiger partial charge in [-0.3, -0.25) is 0 Å². The van der Waals surface area contributed by atoms with Crippen molar-refractivity contribution < 1.29 is 9.47 Å². The molecule has 0 radical (unpaired) electrons. The zero-order chi connectivity index (χ0) is 12.7. The van der Waals surface area contributed by atoms with Crippen LogP contribution < -0.4 is 19.7 Å². The number of aromatic nitrogens is 2. The summed E-state index contributed by atoms with van der Waals surface area (Å²) in [5.74, 6) is 2.52. The highest BCUT2D eigenvalue weighted by Gasteiger charge is 2.18. The Hall–Kier alpha value is -1.95. The lowest BCUT2D eigenvalue weighted by molar-refractivity contribution is 0.172. The van der Waals surface area contributed by atoms with Crippen LogP contribution in [0.2, 0.25) is 0 Å². The number of hydrogen-bond acceptors (Lipinski definition) is 5. The standard InChI is InChI=1S/C13H16N4O2/c1-3-17(4-2-14-1)13-15-9-7-11-12(8-10(9)16-13)19-6-5-18-11/h7-8,14H,1-6H2,(H,15,16). The Labute approximate surface area is 110 Å². The quantitative estimate of drug-likeness (QED) is 0.792. The van der Waals surface area contributed by atoms with Gasteiger partial charge in [0.15, 0.2) is 11.5 Å². The van der Waals surface area contributed by atoms with Crippen LogP contribution in [0.4, 0.5) is 5.95 Å². The number of imidazole rings is 1. The normalized spacial score (nSPS) is 18.8. The van der Waals surface area contributed by atoms with Crippen LogP contribution in [0, 0.1) is 0 Å². The zero-order valence-electron chi connectivity index (χ0n) is 10.6. The molecule has 2 aromatic rings. The van der Waals surface area contributed by atoms with Gasteiger partial charge in [0.05, 0.1) is 11.0 Å².